The first kappa shape index (κ1) is 20.0. The van der Waals surface area contributed by atoms with Crippen LogP contribution in [0.1, 0.15) is 42.8 Å². The largest absolute Gasteiger partial charge is 0.360 e. The van der Waals surface area contributed by atoms with Gasteiger partial charge in [-0.25, -0.2) is 0 Å². The zero-order chi connectivity index (χ0) is 20.1. The van der Waals surface area contributed by atoms with Gasteiger partial charge in [-0.2, -0.15) is 0 Å². The average Bonchev–Trinajstić information content (AvgIpc) is 3.18. The molecule has 4 heterocycles. The molecule has 0 saturated carbocycles. The second kappa shape index (κ2) is 9.50. The van der Waals surface area contributed by atoms with Crippen molar-refractivity contribution in [3.8, 4) is 0 Å². The minimum absolute atomic E-state index is 0.0858. The van der Waals surface area contributed by atoms with E-state index in [0.29, 0.717) is 12.6 Å². The highest BCUT2D eigenvalue weighted by Crippen LogP contribution is 2.25. The molecule has 2 aliphatic rings. The molecule has 2 aliphatic heterocycles. The summed E-state index contributed by atoms with van der Waals surface area (Å²) in [5.41, 5.74) is 1.85. The van der Waals surface area contributed by atoms with Crippen molar-refractivity contribution >= 4 is 5.91 Å². The van der Waals surface area contributed by atoms with Crippen LogP contribution in [0.25, 0.3) is 0 Å². The number of amides is 1. The normalized spacial score (nSPS) is 21.9. The summed E-state index contributed by atoms with van der Waals surface area (Å²) in [6, 6.07) is 8.38. The molecule has 0 spiro atoms. The highest BCUT2D eigenvalue weighted by molar-refractivity contribution is 5.78. The molecule has 7 heteroatoms. The third-order valence-corrected chi connectivity index (χ3v) is 6.12. The van der Waals surface area contributed by atoms with Gasteiger partial charge in [0, 0.05) is 37.9 Å². The lowest BCUT2D eigenvalue weighted by atomic mass is 9.93. The minimum atomic E-state index is 0.0858. The molecule has 0 aliphatic carbocycles. The lowest BCUT2D eigenvalue weighted by Gasteiger charge is -2.41. The Morgan fingerprint density at radius 3 is 2.83 bits per heavy atom. The van der Waals surface area contributed by atoms with Crippen LogP contribution in [-0.2, 0) is 17.9 Å². The highest BCUT2D eigenvalue weighted by Gasteiger charge is 2.31. The Morgan fingerprint density at radius 2 is 2.10 bits per heavy atom. The van der Waals surface area contributed by atoms with Crippen LogP contribution in [0.5, 0.6) is 0 Å². The smallest absolute Gasteiger partial charge is 0.224 e. The summed E-state index contributed by atoms with van der Waals surface area (Å²) in [6.45, 7) is 7.42. The molecule has 156 valence electrons. The second-order valence-electron chi connectivity index (χ2n) is 8.31. The Hall–Kier alpha value is -2.25. The molecular weight excluding hydrogens is 366 g/mol. The molecule has 29 heavy (non-hydrogen) atoms. The van der Waals surface area contributed by atoms with Crippen molar-refractivity contribution < 1.29 is 9.32 Å². The molecule has 1 N–H and O–H groups in total. The first-order chi connectivity index (χ1) is 14.2. The number of hydrogen-bond acceptors (Lipinski definition) is 6. The topological polar surface area (TPSA) is 74.5 Å². The van der Waals surface area contributed by atoms with E-state index in [-0.39, 0.29) is 11.8 Å². The molecule has 0 unspecified atom stereocenters. The van der Waals surface area contributed by atoms with Crippen molar-refractivity contribution in [2.75, 3.05) is 26.2 Å². The fourth-order valence-electron chi connectivity index (χ4n) is 4.53. The number of likely N-dealkylation sites (tertiary alicyclic amines) is 2. The predicted molar refractivity (Wildman–Crippen MR) is 110 cm³/mol. The summed E-state index contributed by atoms with van der Waals surface area (Å²) in [5.74, 6) is 1.20. The summed E-state index contributed by atoms with van der Waals surface area (Å²) in [7, 11) is 0. The van der Waals surface area contributed by atoms with Gasteiger partial charge in [0.25, 0.3) is 0 Å². The molecule has 4 rings (SSSR count). The Balaban J connectivity index is 1.23. The summed E-state index contributed by atoms with van der Waals surface area (Å²) >= 11 is 0. The standard InChI is InChI=1S/C22H31N5O2/c1-17-13-21(29-25-17)16-26-11-7-20(8-12-26)27-10-4-5-18(15-27)22(28)24-14-19-6-2-3-9-23-19/h2-3,6,9,13,18,20H,4-5,7-8,10-12,14-16H2,1H3,(H,24,28)/t18-/m0/s1. The third kappa shape index (κ3) is 5.42. The van der Waals surface area contributed by atoms with Crippen LogP contribution >= 0.6 is 0 Å². The second-order valence-corrected chi connectivity index (χ2v) is 8.31. The number of aromatic nitrogens is 2. The summed E-state index contributed by atoms with van der Waals surface area (Å²) in [5, 5.41) is 7.05. The lowest BCUT2D eigenvalue weighted by Crippen LogP contribution is -2.50. The van der Waals surface area contributed by atoms with Gasteiger partial charge in [-0.3, -0.25) is 19.6 Å². The van der Waals surface area contributed by atoms with Gasteiger partial charge in [-0.15, -0.1) is 0 Å². The van der Waals surface area contributed by atoms with E-state index in [0.717, 1.165) is 75.6 Å². The number of nitrogens with one attached hydrogen (secondary N) is 1. The van der Waals surface area contributed by atoms with E-state index in [4.69, 9.17) is 4.52 Å². The summed E-state index contributed by atoms with van der Waals surface area (Å²) < 4.78 is 5.35. The fraction of sp³-hybridized carbons (Fsp3) is 0.591. The number of piperidine rings is 2. The van der Waals surface area contributed by atoms with Gasteiger partial charge in [0.1, 0.15) is 0 Å². The average molecular weight is 398 g/mol. The van der Waals surface area contributed by atoms with Crippen molar-refractivity contribution in [2.24, 2.45) is 5.92 Å². The Kier molecular flexibility index (Phi) is 6.56. The van der Waals surface area contributed by atoms with Gasteiger partial charge in [0.05, 0.1) is 30.4 Å². The maximum Gasteiger partial charge on any atom is 0.224 e. The molecule has 0 bridgehead atoms. The summed E-state index contributed by atoms with van der Waals surface area (Å²) in [4.78, 5) is 21.9. The van der Waals surface area contributed by atoms with Crippen molar-refractivity contribution in [1.82, 2.24) is 25.3 Å². The van der Waals surface area contributed by atoms with E-state index < -0.39 is 0 Å². The zero-order valence-corrected chi connectivity index (χ0v) is 17.2. The van der Waals surface area contributed by atoms with Crippen molar-refractivity contribution in [3.63, 3.8) is 0 Å². The van der Waals surface area contributed by atoms with Crippen LogP contribution < -0.4 is 5.32 Å². The zero-order valence-electron chi connectivity index (χ0n) is 17.2. The minimum Gasteiger partial charge on any atom is -0.360 e. The van der Waals surface area contributed by atoms with Crippen molar-refractivity contribution in [2.45, 2.75) is 51.7 Å². The van der Waals surface area contributed by atoms with Crippen molar-refractivity contribution in [3.05, 3.63) is 47.6 Å². The van der Waals surface area contributed by atoms with Crippen LogP contribution in [0.2, 0.25) is 0 Å². The van der Waals surface area contributed by atoms with Gasteiger partial charge in [-0.05, 0) is 51.3 Å². The Bertz CT molecular complexity index is 786. The van der Waals surface area contributed by atoms with E-state index in [1.165, 1.54) is 0 Å². The molecule has 1 atom stereocenters. The number of carbonyl (C=O) groups excluding carboxylic acids is 1. The predicted octanol–water partition coefficient (Wildman–Crippen LogP) is 2.37. The van der Waals surface area contributed by atoms with Crippen LogP contribution in [0.4, 0.5) is 0 Å². The number of hydrogen-bond donors (Lipinski definition) is 1. The monoisotopic (exact) mass is 397 g/mol. The molecular formula is C22H31N5O2. The van der Waals surface area contributed by atoms with Crippen LogP contribution in [0, 0.1) is 12.8 Å². The number of pyridine rings is 1. The molecule has 7 nitrogen and oxygen atoms in total. The maximum absolute atomic E-state index is 12.7. The van der Waals surface area contributed by atoms with E-state index >= 15 is 0 Å². The van der Waals surface area contributed by atoms with Gasteiger partial charge < -0.3 is 9.84 Å². The van der Waals surface area contributed by atoms with Gasteiger partial charge in [0.2, 0.25) is 5.91 Å². The fourth-order valence-corrected chi connectivity index (χ4v) is 4.53. The van der Waals surface area contributed by atoms with E-state index in [1.807, 2.05) is 31.2 Å². The Labute approximate surface area is 172 Å². The molecule has 2 aromatic heterocycles. The highest BCUT2D eigenvalue weighted by atomic mass is 16.5. The maximum atomic E-state index is 12.7. The van der Waals surface area contributed by atoms with Crippen LogP contribution in [0.3, 0.4) is 0 Å². The van der Waals surface area contributed by atoms with Gasteiger partial charge in [0.15, 0.2) is 5.76 Å². The van der Waals surface area contributed by atoms with Crippen LogP contribution in [-0.4, -0.2) is 58.1 Å². The summed E-state index contributed by atoms with van der Waals surface area (Å²) in [6.07, 6.45) is 6.14. The first-order valence-corrected chi connectivity index (χ1v) is 10.7. The molecule has 2 fully saturated rings. The quantitative estimate of drug-likeness (QED) is 0.807. The lowest BCUT2D eigenvalue weighted by molar-refractivity contribution is -0.127. The van der Waals surface area contributed by atoms with Gasteiger partial charge >= 0.3 is 0 Å². The Morgan fingerprint density at radius 1 is 1.24 bits per heavy atom. The molecule has 2 aromatic rings. The van der Waals surface area contributed by atoms with Crippen LogP contribution in [0.15, 0.2) is 35.0 Å². The van der Waals surface area contributed by atoms with Gasteiger partial charge in [-0.1, -0.05) is 11.2 Å². The number of carbonyl (C=O) groups is 1. The molecule has 0 aromatic carbocycles. The first-order valence-electron chi connectivity index (χ1n) is 10.7. The SMILES string of the molecule is Cc1cc(CN2CCC(N3CCC[C@H](C(=O)NCc4ccccn4)C3)CC2)on1. The van der Waals surface area contributed by atoms with Crippen molar-refractivity contribution in [1.29, 1.82) is 0 Å². The molecule has 0 radical (unpaired) electrons. The third-order valence-electron chi connectivity index (χ3n) is 6.12. The molecule has 2 saturated heterocycles. The number of rotatable bonds is 6. The van der Waals surface area contributed by atoms with E-state index in [9.17, 15) is 4.79 Å². The number of aryl methyl sites for hydroxylation is 1. The van der Waals surface area contributed by atoms with E-state index in [1.54, 1.807) is 6.20 Å². The number of nitrogens with zero attached hydrogens (tertiary/aromatic N) is 4. The van der Waals surface area contributed by atoms with E-state index in [2.05, 4.69) is 25.3 Å². The molecule has 1 amide bonds.